The van der Waals surface area contributed by atoms with Crippen molar-refractivity contribution in [3.8, 4) is 5.69 Å². The number of para-hydroxylation sites is 1. The van der Waals surface area contributed by atoms with Gasteiger partial charge in [0.05, 0.1) is 21.5 Å². The molecule has 0 spiro atoms. The summed E-state index contributed by atoms with van der Waals surface area (Å²) in [5, 5.41) is 12.0. The molecule has 0 aliphatic heterocycles. The van der Waals surface area contributed by atoms with Gasteiger partial charge in [0.25, 0.3) is 11.2 Å². The van der Waals surface area contributed by atoms with Crippen molar-refractivity contribution in [1.82, 2.24) is 9.55 Å². The van der Waals surface area contributed by atoms with Gasteiger partial charge in [0, 0.05) is 17.9 Å². The van der Waals surface area contributed by atoms with Crippen LogP contribution in [0.1, 0.15) is 5.56 Å². The van der Waals surface area contributed by atoms with E-state index in [9.17, 15) is 14.9 Å². The van der Waals surface area contributed by atoms with Crippen LogP contribution < -0.4 is 5.56 Å². The van der Waals surface area contributed by atoms with E-state index in [1.807, 2.05) is 42.5 Å². The van der Waals surface area contributed by atoms with E-state index in [1.54, 1.807) is 24.3 Å². The van der Waals surface area contributed by atoms with Crippen molar-refractivity contribution in [2.24, 2.45) is 0 Å². The highest BCUT2D eigenvalue weighted by molar-refractivity contribution is 7.98. The van der Waals surface area contributed by atoms with Gasteiger partial charge < -0.3 is 0 Å². The first-order valence-electron chi connectivity index (χ1n) is 8.57. The number of hydrogen-bond acceptors (Lipinski definition) is 5. The van der Waals surface area contributed by atoms with Gasteiger partial charge in [-0.3, -0.25) is 19.5 Å². The number of thioether (sulfide) groups is 1. The Morgan fingerprint density at radius 1 is 0.929 bits per heavy atom. The lowest BCUT2D eigenvalue weighted by molar-refractivity contribution is -0.384. The zero-order valence-electron chi connectivity index (χ0n) is 14.7. The van der Waals surface area contributed by atoms with E-state index >= 15 is 0 Å². The van der Waals surface area contributed by atoms with Crippen LogP contribution in [0.15, 0.2) is 88.8 Å². The second kappa shape index (κ2) is 7.66. The van der Waals surface area contributed by atoms with E-state index in [2.05, 4.69) is 4.98 Å². The molecule has 0 bridgehead atoms. The first kappa shape index (κ1) is 17.9. The maximum absolute atomic E-state index is 13.2. The lowest BCUT2D eigenvalue weighted by atomic mass is 10.2. The third-order valence-corrected chi connectivity index (χ3v) is 5.28. The lowest BCUT2D eigenvalue weighted by Crippen LogP contribution is -2.21. The highest BCUT2D eigenvalue weighted by Gasteiger charge is 2.14. The molecule has 0 radical (unpaired) electrons. The smallest absolute Gasteiger partial charge is 0.268 e. The molecule has 6 nitrogen and oxygen atoms in total. The van der Waals surface area contributed by atoms with Crippen molar-refractivity contribution in [1.29, 1.82) is 0 Å². The van der Waals surface area contributed by atoms with Crippen molar-refractivity contribution < 1.29 is 4.92 Å². The molecule has 0 unspecified atom stereocenters. The van der Waals surface area contributed by atoms with E-state index in [0.29, 0.717) is 27.5 Å². The number of fused-ring (bicyclic) bond motifs is 1. The molecule has 4 rings (SSSR count). The van der Waals surface area contributed by atoms with E-state index in [-0.39, 0.29) is 11.2 Å². The summed E-state index contributed by atoms with van der Waals surface area (Å²) < 4.78 is 1.51. The van der Waals surface area contributed by atoms with Crippen LogP contribution in [0.3, 0.4) is 0 Å². The summed E-state index contributed by atoms with van der Waals surface area (Å²) in [6.07, 6.45) is 0. The average molecular weight is 389 g/mol. The van der Waals surface area contributed by atoms with Gasteiger partial charge in [-0.2, -0.15) is 0 Å². The summed E-state index contributed by atoms with van der Waals surface area (Å²) in [4.78, 5) is 28.3. The summed E-state index contributed by atoms with van der Waals surface area (Å²) in [6, 6.07) is 23.0. The Hall–Kier alpha value is -3.45. The van der Waals surface area contributed by atoms with Gasteiger partial charge in [-0.25, -0.2) is 4.98 Å². The summed E-state index contributed by atoms with van der Waals surface area (Å²) in [7, 11) is 0. The topological polar surface area (TPSA) is 78.0 Å². The number of aromatic nitrogens is 2. The van der Waals surface area contributed by atoms with Gasteiger partial charge in [-0.1, -0.05) is 54.2 Å². The van der Waals surface area contributed by atoms with Crippen LogP contribution in [0.5, 0.6) is 0 Å². The average Bonchev–Trinajstić information content (AvgIpc) is 2.73. The molecule has 0 amide bonds. The maximum atomic E-state index is 13.2. The summed E-state index contributed by atoms with van der Waals surface area (Å²) in [6.45, 7) is 0. The maximum Gasteiger partial charge on any atom is 0.269 e. The van der Waals surface area contributed by atoms with Gasteiger partial charge in [0.15, 0.2) is 5.16 Å². The Kier molecular flexibility index (Phi) is 4.90. The number of benzene rings is 3. The Labute approximate surface area is 164 Å². The monoisotopic (exact) mass is 389 g/mol. The first-order valence-corrected chi connectivity index (χ1v) is 9.55. The van der Waals surface area contributed by atoms with Gasteiger partial charge >= 0.3 is 0 Å². The molecular formula is C21H15N3O3S. The molecule has 4 aromatic rings. The number of nitrogens with zero attached hydrogens (tertiary/aromatic N) is 3. The molecule has 0 atom stereocenters. The molecule has 0 saturated heterocycles. The van der Waals surface area contributed by atoms with Gasteiger partial charge in [-0.05, 0) is 29.8 Å². The third-order valence-electron chi connectivity index (χ3n) is 4.27. The molecule has 7 heteroatoms. The quantitative estimate of drug-likeness (QED) is 0.216. The minimum Gasteiger partial charge on any atom is -0.268 e. The normalized spacial score (nSPS) is 10.9. The number of non-ortho nitro benzene ring substituents is 1. The molecule has 0 N–H and O–H groups in total. The Bertz CT molecular complexity index is 1210. The number of nitro benzene ring substituents is 1. The van der Waals surface area contributed by atoms with Crippen molar-refractivity contribution in [2.45, 2.75) is 10.9 Å². The molecule has 0 aliphatic rings. The van der Waals surface area contributed by atoms with Crippen LogP contribution in [0.2, 0.25) is 0 Å². The molecular weight excluding hydrogens is 374 g/mol. The van der Waals surface area contributed by atoms with Crippen LogP contribution in [0.4, 0.5) is 5.69 Å². The Morgan fingerprint density at radius 2 is 1.61 bits per heavy atom. The molecule has 138 valence electrons. The predicted molar refractivity (Wildman–Crippen MR) is 110 cm³/mol. The Morgan fingerprint density at radius 3 is 2.32 bits per heavy atom. The van der Waals surface area contributed by atoms with E-state index < -0.39 is 4.92 Å². The zero-order chi connectivity index (χ0) is 19.5. The summed E-state index contributed by atoms with van der Waals surface area (Å²) in [5.41, 5.74) is 2.06. The van der Waals surface area contributed by atoms with Crippen LogP contribution in [0, 0.1) is 10.1 Å². The first-order chi connectivity index (χ1) is 13.6. The van der Waals surface area contributed by atoms with Gasteiger partial charge in [-0.15, -0.1) is 0 Å². The Balaban J connectivity index is 1.83. The molecule has 1 aromatic heterocycles. The second-order valence-electron chi connectivity index (χ2n) is 6.10. The molecule has 28 heavy (non-hydrogen) atoms. The number of hydrogen-bond donors (Lipinski definition) is 0. The predicted octanol–water partition coefficient (Wildman–Crippen LogP) is 4.59. The van der Waals surface area contributed by atoms with Gasteiger partial charge in [0.1, 0.15) is 0 Å². The highest BCUT2D eigenvalue weighted by Crippen LogP contribution is 2.25. The molecule has 0 saturated carbocycles. The fraction of sp³-hybridized carbons (Fsp3) is 0.0476. The van der Waals surface area contributed by atoms with Crippen LogP contribution >= 0.6 is 11.8 Å². The van der Waals surface area contributed by atoms with Crippen molar-refractivity contribution in [3.05, 3.63) is 105 Å². The molecule has 0 fully saturated rings. The van der Waals surface area contributed by atoms with Crippen LogP contribution in [-0.4, -0.2) is 14.5 Å². The van der Waals surface area contributed by atoms with Crippen molar-refractivity contribution >= 4 is 28.4 Å². The minimum absolute atomic E-state index is 0.0240. The largest absolute Gasteiger partial charge is 0.269 e. The van der Waals surface area contributed by atoms with E-state index in [4.69, 9.17) is 0 Å². The SMILES string of the molecule is O=c1c2ccccc2nc(SCc2ccccc2)n1-c1ccc([N+](=O)[O-])cc1. The standard InChI is InChI=1S/C21H15N3O3S/c25-20-18-8-4-5-9-19(18)22-21(28-14-15-6-2-1-3-7-15)23(20)16-10-12-17(13-11-16)24(26)27/h1-13H,14H2. The zero-order valence-corrected chi connectivity index (χ0v) is 15.5. The highest BCUT2D eigenvalue weighted by atomic mass is 32.2. The summed E-state index contributed by atoms with van der Waals surface area (Å²) >= 11 is 1.45. The van der Waals surface area contributed by atoms with Gasteiger partial charge in [0.2, 0.25) is 0 Å². The van der Waals surface area contributed by atoms with Crippen LogP contribution in [0.25, 0.3) is 16.6 Å². The fourth-order valence-corrected chi connectivity index (χ4v) is 3.85. The van der Waals surface area contributed by atoms with Crippen molar-refractivity contribution in [3.63, 3.8) is 0 Å². The molecule has 3 aromatic carbocycles. The van der Waals surface area contributed by atoms with E-state index in [1.165, 1.54) is 28.5 Å². The fourth-order valence-electron chi connectivity index (χ4n) is 2.88. The molecule has 1 heterocycles. The van der Waals surface area contributed by atoms with E-state index in [0.717, 1.165) is 5.56 Å². The third kappa shape index (κ3) is 3.52. The second-order valence-corrected chi connectivity index (χ2v) is 7.04. The number of rotatable bonds is 5. The van der Waals surface area contributed by atoms with Crippen molar-refractivity contribution in [2.75, 3.05) is 0 Å². The van der Waals surface area contributed by atoms with Crippen LogP contribution in [-0.2, 0) is 5.75 Å². The minimum atomic E-state index is -0.462. The molecule has 0 aliphatic carbocycles. The lowest BCUT2D eigenvalue weighted by Gasteiger charge is -2.13. The summed E-state index contributed by atoms with van der Waals surface area (Å²) in [5.74, 6) is 0.651. The number of nitro groups is 1.